The van der Waals surface area contributed by atoms with Gasteiger partial charge in [-0.25, -0.2) is 0 Å². The summed E-state index contributed by atoms with van der Waals surface area (Å²) in [5, 5.41) is 1.13. The molecule has 0 unspecified atom stereocenters. The second kappa shape index (κ2) is 5.59. The Hall–Kier alpha value is -0.440. The number of halogens is 2. The highest BCUT2D eigenvalue weighted by molar-refractivity contribution is 6.34. The van der Waals surface area contributed by atoms with E-state index in [0.717, 1.165) is 0 Å². The van der Waals surface area contributed by atoms with Gasteiger partial charge in [0.15, 0.2) is 0 Å². The van der Waals surface area contributed by atoms with Crippen molar-refractivity contribution in [3.05, 3.63) is 28.2 Å². The molecule has 0 spiro atoms. The molecule has 0 aliphatic rings. The standard InChI is InChI=1S/C11H15Cl2NO/c1-7(2)11(14)6-15-10-4-8(12)3-9(13)5-10/h3-5,7,11H,6,14H2,1-2H3/t11-/m1/s1. The number of hydrogen-bond acceptors (Lipinski definition) is 2. The minimum Gasteiger partial charge on any atom is -0.492 e. The predicted octanol–water partition coefficient (Wildman–Crippen LogP) is 3.36. The van der Waals surface area contributed by atoms with Crippen LogP contribution in [0.5, 0.6) is 5.75 Å². The summed E-state index contributed by atoms with van der Waals surface area (Å²) in [6.45, 7) is 4.58. The fraction of sp³-hybridized carbons (Fsp3) is 0.455. The lowest BCUT2D eigenvalue weighted by molar-refractivity contribution is 0.259. The zero-order valence-corrected chi connectivity index (χ0v) is 10.3. The molecule has 0 radical (unpaired) electrons. The van der Waals surface area contributed by atoms with Gasteiger partial charge in [-0.05, 0) is 24.1 Å². The van der Waals surface area contributed by atoms with E-state index in [2.05, 4.69) is 13.8 Å². The first-order valence-corrected chi connectivity index (χ1v) is 5.59. The topological polar surface area (TPSA) is 35.2 Å². The van der Waals surface area contributed by atoms with Crippen LogP contribution >= 0.6 is 23.2 Å². The van der Waals surface area contributed by atoms with Gasteiger partial charge < -0.3 is 10.5 Å². The van der Waals surface area contributed by atoms with Crippen LogP contribution in [0.4, 0.5) is 0 Å². The number of benzene rings is 1. The average Bonchev–Trinajstić information content (AvgIpc) is 2.12. The van der Waals surface area contributed by atoms with Crippen molar-refractivity contribution in [2.24, 2.45) is 11.7 Å². The fourth-order valence-electron chi connectivity index (χ4n) is 0.997. The quantitative estimate of drug-likeness (QED) is 0.886. The van der Waals surface area contributed by atoms with E-state index in [9.17, 15) is 0 Å². The molecule has 0 heterocycles. The molecule has 0 saturated carbocycles. The third-order valence-electron chi connectivity index (χ3n) is 2.13. The van der Waals surface area contributed by atoms with Crippen molar-refractivity contribution in [1.82, 2.24) is 0 Å². The maximum Gasteiger partial charge on any atom is 0.122 e. The van der Waals surface area contributed by atoms with Gasteiger partial charge in [-0.15, -0.1) is 0 Å². The first-order chi connectivity index (χ1) is 6.99. The molecule has 0 aliphatic carbocycles. The highest BCUT2D eigenvalue weighted by atomic mass is 35.5. The molecule has 0 bridgehead atoms. The Balaban J connectivity index is 2.57. The molecule has 0 saturated heterocycles. The Morgan fingerprint density at radius 3 is 2.20 bits per heavy atom. The van der Waals surface area contributed by atoms with Gasteiger partial charge in [0.2, 0.25) is 0 Å². The Morgan fingerprint density at radius 1 is 1.20 bits per heavy atom. The lowest BCUT2D eigenvalue weighted by Gasteiger charge is -2.16. The highest BCUT2D eigenvalue weighted by Gasteiger charge is 2.08. The number of hydrogen-bond donors (Lipinski definition) is 1. The summed E-state index contributed by atoms with van der Waals surface area (Å²) in [7, 11) is 0. The van der Waals surface area contributed by atoms with Crippen molar-refractivity contribution in [3.8, 4) is 5.75 Å². The molecule has 1 rings (SSSR count). The normalized spacial score (nSPS) is 12.9. The van der Waals surface area contributed by atoms with E-state index in [0.29, 0.717) is 28.3 Å². The van der Waals surface area contributed by atoms with Crippen LogP contribution in [0.1, 0.15) is 13.8 Å². The van der Waals surface area contributed by atoms with Gasteiger partial charge in [0, 0.05) is 16.1 Å². The van der Waals surface area contributed by atoms with Gasteiger partial charge in [-0.1, -0.05) is 37.0 Å². The van der Waals surface area contributed by atoms with E-state index in [1.54, 1.807) is 18.2 Å². The van der Waals surface area contributed by atoms with Crippen LogP contribution < -0.4 is 10.5 Å². The van der Waals surface area contributed by atoms with E-state index >= 15 is 0 Å². The molecule has 15 heavy (non-hydrogen) atoms. The average molecular weight is 248 g/mol. The van der Waals surface area contributed by atoms with Crippen LogP contribution in [0.25, 0.3) is 0 Å². The maximum absolute atomic E-state index is 5.85. The summed E-state index contributed by atoms with van der Waals surface area (Å²) in [5.41, 5.74) is 5.85. The van der Waals surface area contributed by atoms with Crippen molar-refractivity contribution in [3.63, 3.8) is 0 Å². The molecule has 1 atom stereocenters. The molecule has 0 aliphatic heterocycles. The molecule has 0 aromatic heterocycles. The van der Waals surface area contributed by atoms with Crippen LogP contribution in [0.3, 0.4) is 0 Å². The molecular weight excluding hydrogens is 233 g/mol. The van der Waals surface area contributed by atoms with Crippen LogP contribution in [-0.2, 0) is 0 Å². The number of rotatable bonds is 4. The molecule has 2 N–H and O–H groups in total. The third-order valence-corrected chi connectivity index (χ3v) is 2.57. The van der Waals surface area contributed by atoms with Gasteiger partial charge in [0.05, 0.1) is 0 Å². The van der Waals surface area contributed by atoms with E-state index in [-0.39, 0.29) is 6.04 Å². The molecule has 0 fully saturated rings. The lowest BCUT2D eigenvalue weighted by atomic mass is 10.1. The van der Waals surface area contributed by atoms with Crippen molar-refractivity contribution in [1.29, 1.82) is 0 Å². The maximum atomic E-state index is 5.85. The van der Waals surface area contributed by atoms with E-state index in [1.807, 2.05) is 0 Å². The first-order valence-electron chi connectivity index (χ1n) is 4.83. The summed E-state index contributed by atoms with van der Waals surface area (Å²) in [6, 6.07) is 5.13. The molecule has 2 nitrogen and oxygen atoms in total. The van der Waals surface area contributed by atoms with Gasteiger partial charge in [0.25, 0.3) is 0 Å². The summed E-state index contributed by atoms with van der Waals surface area (Å²) < 4.78 is 5.50. The van der Waals surface area contributed by atoms with Gasteiger partial charge in [-0.3, -0.25) is 0 Å². The summed E-state index contributed by atoms with van der Waals surface area (Å²) in [4.78, 5) is 0. The molecule has 0 amide bonds. The number of ether oxygens (including phenoxy) is 1. The van der Waals surface area contributed by atoms with Crippen molar-refractivity contribution in [2.45, 2.75) is 19.9 Å². The minimum absolute atomic E-state index is 0.0164. The lowest BCUT2D eigenvalue weighted by Crippen LogP contribution is -2.32. The van der Waals surface area contributed by atoms with Crippen LogP contribution in [0, 0.1) is 5.92 Å². The minimum atomic E-state index is 0.0164. The zero-order valence-electron chi connectivity index (χ0n) is 8.84. The Bertz CT molecular complexity index is 308. The summed E-state index contributed by atoms with van der Waals surface area (Å²) in [6.07, 6.45) is 0. The summed E-state index contributed by atoms with van der Waals surface area (Å²) >= 11 is 11.7. The SMILES string of the molecule is CC(C)[C@H](N)COc1cc(Cl)cc(Cl)c1. The molecule has 1 aromatic carbocycles. The molecular formula is C11H15Cl2NO. The van der Waals surface area contributed by atoms with E-state index < -0.39 is 0 Å². The molecule has 1 aromatic rings. The smallest absolute Gasteiger partial charge is 0.122 e. The van der Waals surface area contributed by atoms with Crippen LogP contribution in [-0.4, -0.2) is 12.6 Å². The molecule has 4 heteroatoms. The van der Waals surface area contributed by atoms with E-state index in [4.69, 9.17) is 33.7 Å². The summed E-state index contributed by atoms with van der Waals surface area (Å²) in [5.74, 6) is 1.04. The Morgan fingerprint density at radius 2 is 1.73 bits per heavy atom. The zero-order chi connectivity index (χ0) is 11.4. The fourth-order valence-corrected chi connectivity index (χ4v) is 1.50. The predicted molar refractivity (Wildman–Crippen MR) is 64.8 cm³/mol. The van der Waals surface area contributed by atoms with Crippen LogP contribution in [0.2, 0.25) is 10.0 Å². The van der Waals surface area contributed by atoms with Gasteiger partial charge in [0.1, 0.15) is 12.4 Å². The van der Waals surface area contributed by atoms with Crippen molar-refractivity contribution >= 4 is 23.2 Å². The van der Waals surface area contributed by atoms with Gasteiger partial charge >= 0.3 is 0 Å². The van der Waals surface area contributed by atoms with Crippen molar-refractivity contribution < 1.29 is 4.74 Å². The number of nitrogens with two attached hydrogens (primary N) is 1. The highest BCUT2D eigenvalue weighted by Crippen LogP contribution is 2.24. The monoisotopic (exact) mass is 247 g/mol. The Kier molecular flexibility index (Phi) is 4.71. The van der Waals surface area contributed by atoms with Gasteiger partial charge in [-0.2, -0.15) is 0 Å². The van der Waals surface area contributed by atoms with Crippen LogP contribution in [0.15, 0.2) is 18.2 Å². The first kappa shape index (κ1) is 12.6. The Labute approximate surface area is 100 Å². The largest absolute Gasteiger partial charge is 0.492 e. The van der Waals surface area contributed by atoms with E-state index in [1.165, 1.54) is 0 Å². The molecule has 84 valence electrons. The second-order valence-electron chi connectivity index (χ2n) is 3.82. The second-order valence-corrected chi connectivity index (χ2v) is 4.70. The van der Waals surface area contributed by atoms with Crippen molar-refractivity contribution in [2.75, 3.05) is 6.61 Å². The third kappa shape index (κ3) is 4.29.